The molecule has 1 saturated heterocycles. The van der Waals surface area contributed by atoms with E-state index in [0.717, 1.165) is 31.0 Å². The average molecular weight is 335 g/mol. The van der Waals surface area contributed by atoms with Crippen molar-refractivity contribution < 1.29 is 5.11 Å². The summed E-state index contributed by atoms with van der Waals surface area (Å²) in [6, 6.07) is 20.1. The van der Waals surface area contributed by atoms with E-state index in [4.69, 9.17) is 0 Å². The van der Waals surface area contributed by atoms with Gasteiger partial charge in [0, 0.05) is 18.5 Å². The van der Waals surface area contributed by atoms with E-state index in [1.54, 1.807) is 4.68 Å². The van der Waals surface area contributed by atoms with Gasteiger partial charge in [-0.2, -0.15) is 4.68 Å². The molecule has 1 N–H and O–H groups in total. The Kier molecular flexibility index (Phi) is 4.19. The van der Waals surface area contributed by atoms with Crippen LogP contribution in [-0.4, -0.2) is 45.0 Å². The number of aliphatic hydroxyl groups excluding tert-OH is 1. The highest BCUT2D eigenvalue weighted by atomic mass is 16.3. The zero-order valence-corrected chi connectivity index (χ0v) is 14.0. The Morgan fingerprint density at radius 3 is 2.44 bits per heavy atom. The standard InChI is InChI=1S/C19H21N5O/c25-15-19(16-8-3-1-4-9-16)12-7-13-23(14-19)18-20-21-22-24(18)17-10-5-2-6-11-17/h1-6,8-11,25H,7,12-15H2. The van der Waals surface area contributed by atoms with Crippen molar-refractivity contribution in [2.24, 2.45) is 0 Å². The smallest absolute Gasteiger partial charge is 0.250 e. The molecule has 0 radical (unpaired) electrons. The van der Waals surface area contributed by atoms with Gasteiger partial charge in [-0.05, 0) is 41.0 Å². The Labute approximate surface area is 146 Å². The van der Waals surface area contributed by atoms with Crippen LogP contribution >= 0.6 is 0 Å². The van der Waals surface area contributed by atoms with Crippen LogP contribution in [0, 0.1) is 0 Å². The first kappa shape index (κ1) is 15.8. The lowest BCUT2D eigenvalue weighted by atomic mass is 9.75. The molecule has 3 aromatic rings. The minimum Gasteiger partial charge on any atom is -0.395 e. The van der Waals surface area contributed by atoms with Crippen molar-refractivity contribution >= 4 is 5.95 Å². The molecule has 2 heterocycles. The molecule has 1 fully saturated rings. The second kappa shape index (κ2) is 6.64. The maximum atomic E-state index is 10.2. The Hall–Kier alpha value is -2.73. The minimum absolute atomic E-state index is 0.112. The van der Waals surface area contributed by atoms with E-state index in [9.17, 15) is 5.11 Å². The van der Waals surface area contributed by atoms with Crippen molar-refractivity contribution in [2.45, 2.75) is 18.3 Å². The third-order valence-electron chi connectivity index (χ3n) is 5.00. The molecule has 1 atom stereocenters. The van der Waals surface area contributed by atoms with Crippen LogP contribution in [0.25, 0.3) is 5.69 Å². The molecule has 2 aromatic carbocycles. The summed E-state index contributed by atoms with van der Waals surface area (Å²) in [5.74, 6) is 0.722. The quantitative estimate of drug-likeness (QED) is 0.792. The third kappa shape index (κ3) is 2.89. The van der Waals surface area contributed by atoms with Crippen molar-refractivity contribution in [3.63, 3.8) is 0 Å². The van der Waals surface area contributed by atoms with Gasteiger partial charge < -0.3 is 10.0 Å². The Bertz CT molecular complexity index is 820. The van der Waals surface area contributed by atoms with Crippen LogP contribution in [0.3, 0.4) is 0 Å². The van der Waals surface area contributed by atoms with Gasteiger partial charge in [0.2, 0.25) is 5.95 Å². The van der Waals surface area contributed by atoms with Gasteiger partial charge in [-0.3, -0.25) is 0 Å². The van der Waals surface area contributed by atoms with Crippen LogP contribution in [-0.2, 0) is 5.41 Å². The normalized spacial score (nSPS) is 20.6. The number of anilines is 1. The van der Waals surface area contributed by atoms with Gasteiger partial charge in [-0.15, -0.1) is 0 Å². The fraction of sp³-hybridized carbons (Fsp3) is 0.316. The zero-order valence-electron chi connectivity index (χ0n) is 14.0. The van der Waals surface area contributed by atoms with Crippen LogP contribution in [0.4, 0.5) is 5.95 Å². The van der Waals surface area contributed by atoms with E-state index < -0.39 is 0 Å². The molecule has 4 rings (SSSR count). The number of aliphatic hydroxyl groups is 1. The summed E-state index contributed by atoms with van der Waals surface area (Å²) in [4.78, 5) is 2.18. The number of rotatable bonds is 4. The first-order valence-corrected chi connectivity index (χ1v) is 8.58. The van der Waals surface area contributed by atoms with Crippen LogP contribution in [0.2, 0.25) is 0 Å². The maximum absolute atomic E-state index is 10.2. The Morgan fingerprint density at radius 2 is 1.72 bits per heavy atom. The highest BCUT2D eigenvalue weighted by molar-refractivity contribution is 5.43. The highest BCUT2D eigenvalue weighted by Crippen LogP contribution is 2.35. The third-order valence-corrected chi connectivity index (χ3v) is 5.00. The Balaban J connectivity index is 1.68. The van der Waals surface area contributed by atoms with Crippen LogP contribution in [0.5, 0.6) is 0 Å². The summed E-state index contributed by atoms with van der Waals surface area (Å²) in [5.41, 5.74) is 1.82. The molecule has 25 heavy (non-hydrogen) atoms. The first-order chi connectivity index (χ1) is 12.3. The van der Waals surface area contributed by atoms with Gasteiger partial charge in [0.25, 0.3) is 0 Å². The Morgan fingerprint density at radius 1 is 1.00 bits per heavy atom. The topological polar surface area (TPSA) is 67.1 Å². The monoisotopic (exact) mass is 335 g/mol. The lowest BCUT2D eigenvalue weighted by Crippen LogP contribution is -2.49. The number of hydrogen-bond donors (Lipinski definition) is 1. The molecule has 1 unspecified atom stereocenters. The number of aromatic nitrogens is 4. The lowest BCUT2D eigenvalue weighted by molar-refractivity contribution is 0.171. The van der Waals surface area contributed by atoms with Gasteiger partial charge in [0.05, 0.1) is 12.3 Å². The van der Waals surface area contributed by atoms with E-state index in [-0.39, 0.29) is 12.0 Å². The molecule has 1 aromatic heterocycles. The van der Waals surface area contributed by atoms with Crippen LogP contribution in [0.1, 0.15) is 18.4 Å². The van der Waals surface area contributed by atoms with Crippen molar-refractivity contribution in [1.29, 1.82) is 0 Å². The molecular formula is C19H21N5O. The molecule has 0 spiro atoms. The molecule has 0 saturated carbocycles. The van der Waals surface area contributed by atoms with Crippen molar-refractivity contribution in [2.75, 3.05) is 24.6 Å². The van der Waals surface area contributed by atoms with Crippen molar-refractivity contribution in [3.05, 3.63) is 66.2 Å². The predicted octanol–water partition coefficient (Wildman–Crippen LogP) is 2.19. The largest absolute Gasteiger partial charge is 0.395 e. The van der Waals surface area contributed by atoms with Gasteiger partial charge in [-0.1, -0.05) is 53.6 Å². The molecule has 6 heteroatoms. The number of nitrogens with zero attached hydrogens (tertiary/aromatic N) is 5. The van der Waals surface area contributed by atoms with E-state index in [0.29, 0.717) is 6.54 Å². The molecule has 128 valence electrons. The molecule has 1 aliphatic rings. The molecule has 0 aliphatic carbocycles. The number of hydrogen-bond acceptors (Lipinski definition) is 5. The van der Waals surface area contributed by atoms with Crippen LogP contribution < -0.4 is 4.90 Å². The van der Waals surface area contributed by atoms with E-state index >= 15 is 0 Å². The summed E-state index contributed by atoms with van der Waals surface area (Å²) in [5, 5.41) is 22.5. The van der Waals surface area contributed by atoms with Crippen LogP contribution in [0.15, 0.2) is 60.7 Å². The SMILES string of the molecule is OCC1(c2ccccc2)CCCN(c2nnnn2-c2ccccc2)C1. The zero-order chi connectivity index (χ0) is 17.1. The fourth-order valence-electron chi connectivity index (χ4n) is 3.67. The highest BCUT2D eigenvalue weighted by Gasteiger charge is 2.38. The predicted molar refractivity (Wildman–Crippen MR) is 95.8 cm³/mol. The summed E-state index contributed by atoms with van der Waals surface area (Å²) in [6.07, 6.45) is 1.94. The lowest BCUT2D eigenvalue weighted by Gasteiger charge is -2.42. The summed E-state index contributed by atoms with van der Waals surface area (Å²) in [6.45, 7) is 1.68. The number of benzene rings is 2. The van der Waals surface area contributed by atoms with Gasteiger partial charge in [0.15, 0.2) is 0 Å². The van der Waals surface area contributed by atoms with Gasteiger partial charge >= 0.3 is 0 Å². The van der Waals surface area contributed by atoms with Crippen molar-refractivity contribution in [1.82, 2.24) is 20.2 Å². The molecule has 6 nitrogen and oxygen atoms in total. The summed E-state index contributed by atoms with van der Waals surface area (Å²) in [7, 11) is 0. The second-order valence-corrected chi connectivity index (χ2v) is 6.56. The van der Waals surface area contributed by atoms with Gasteiger partial charge in [0.1, 0.15) is 0 Å². The average Bonchev–Trinajstić information content (AvgIpc) is 3.19. The maximum Gasteiger partial charge on any atom is 0.250 e. The van der Waals surface area contributed by atoms with E-state index in [1.165, 1.54) is 5.56 Å². The molecule has 0 amide bonds. The summed E-state index contributed by atoms with van der Waals surface area (Å²) < 4.78 is 1.76. The molecule has 0 bridgehead atoms. The number of piperidine rings is 1. The number of para-hydroxylation sites is 1. The molecular weight excluding hydrogens is 314 g/mol. The fourth-order valence-corrected chi connectivity index (χ4v) is 3.67. The van der Waals surface area contributed by atoms with E-state index in [1.807, 2.05) is 48.5 Å². The van der Waals surface area contributed by atoms with Gasteiger partial charge in [-0.25, -0.2) is 0 Å². The summed E-state index contributed by atoms with van der Waals surface area (Å²) >= 11 is 0. The second-order valence-electron chi connectivity index (χ2n) is 6.56. The van der Waals surface area contributed by atoms with E-state index in [2.05, 4.69) is 32.6 Å². The number of tetrazole rings is 1. The van der Waals surface area contributed by atoms with Crippen molar-refractivity contribution in [3.8, 4) is 5.69 Å². The molecule has 1 aliphatic heterocycles. The first-order valence-electron chi connectivity index (χ1n) is 8.58. The minimum atomic E-state index is -0.285.